The van der Waals surface area contributed by atoms with Crippen molar-refractivity contribution in [2.75, 3.05) is 16.1 Å². The largest absolute Gasteiger partial charge is 0.338 e. The first-order valence-electron chi connectivity index (χ1n) is 5.59. The number of rotatable bonds is 2. The molecule has 0 saturated heterocycles. The van der Waals surface area contributed by atoms with Gasteiger partial charge in [-0.15, -0.1) is 0 Å². The van der Waals surface area contributed by atoms with Crippen LogP contribution in [0.25, 0.3) is 0 Å². The van der Waals surface area contributed by atoms with Gasteiger partial charge in [-0.2, -0.15) is 4.98 Å². The lowest BCUT2D eigenvalue weighted by molar-refractivity contribution is -0.446. The molecule has 3 N–H and O–H groups in total. The summed E-state index contributed by atoms with van der Waals surface area (Å²) in [5, 5.41) is 15.3. The van der Waals surface area contributed by atoms with Crippen LogP contribution in [0.15, 0.2) is 30.5 Å². The Morgan fingerprint density at radius 1 is 1.20 bits per heavy atom. The molecule has 0 unspecified atom stereocenters. The molecule has 0 bridgehead atoms. The summed E-state index contributed by atoms with van der Waals surface area (Å²) in [6, 6.07) is 7.06. The van der Waals surface area contributed by atoms with Gasteiger partial charge in [0, 0.05) is 6.20 Å². The molecule has 0 saturated carbocycles. The van der Waals surface area contributed by atoms with E-state index in [1.54, 1.807) is 24.3 Å². The number of nitrogens with one attached hydrogen (secondary N) is 3. The Bertz CT molecular complexity index is 717. The van der Waals surface area contributed by atoms with Crippen LogP contribution in [0.1, 0.15) is 10.4 Å². The zero-order valence-corrected chi connectivity index (χ0v) is 9.95. The average molecular weight is 272 g/mol. The lowest BCUT2D eigenvalue weighted by Gasteiger charge is -2.07. The van der Waals surface area contributed by atoms with Crippen LogP contribution in [0.3, 0.4) is 0 Å². The minimum atomic E-state index is -0.771. The molecule has 0 aliphatic carbocycles. The number of amides is 1. The van der Waals surface area contributed by atoms with Gasteiger partial charge in [-0.1, -0.05) is 17.6 Å². The summed E-state index contributed by atoms with van der Waals surface area (Å²) in [7, 11) is 0. The third-order valence-corrected chi connectivity index (χ3v) is 2.65. The predicted molar refractivity (Wildman–Crippen MR) is 70.3 cm³/mol. The third kappa shape index (κ3) is 2.07. The van der Waals surface area contributed by atoms with Crippen LogP contribution in [0.4, 0.5) is 23.1 Å². The SMILES string of the molecule is O=C1Nc2ccccc2Nc2nc(N[N+](=O)[O-])ncc21. The number of carbonyl (C=O) groups is 1. The molecule has 9 heteroatoms. The first-order chi connectivity index (χ1) is 9.63. The van der Waals surface area contributed by atoms with Crippen molar-refractivity contribution in [2.24, 2.45) is 0 Å². The summed E-state index contributed by atoms with van der Waals surface area (Å²) in [6.07, 6.45) is 1.22. The number of anilines is 4. The zero-order chi connectivity index (χ0) is 14.1. The molecule has 0 atom stereocenters. The van der Waals surface area contributed by atoms with Crippen molar-refractivity contribution in [1.29, 1.82) is 0 Å². The number of carbonyl (C=O) groups excluding carboxylic acids is 1. The van der Waals surface area contributed by atoms with Gasteiger partial charge in [-0.05, 0) is 12.1 Å². The van der Waals surface area contributed by atoms with Crippen LogP contribution in [-0.2, 0) is 0 Å². The highest BCUT2D eigenvalue weighted by atomic mass is 16.7. The van der Waals surface area contributed by atoms with E-state index in [4.69, 9.17) is 0 Å². The average Bonchev–Trinajstić information content (AvgIpc) is 2.53. The monoisotopic (exact) mass is 272 g/mol. The Hall–Kier alpha value is -3.23. The number of aromatic nitrogens is 2. The topological polar surface area (TPSA) is 122 Å². The number of hydrogen-bond donors (Lipinski definition) is 3. The van der Waals surface area contributed by atoms with Crippen LogP contribution >= 0.6 is 0 Å². The van der Waals surface area contributed by atoms with Crippen molar-refractivity contribution in [1.82, 2.24) is 9.97 Å². The molecule has 0 fully saturated rings. The summed E-state index contributed by atoms with van der Waals surface area (Å²) in [5.41, 5.74) is 3.29. The van der Waals surface area contributed by atoms with Gasteiger partial charge in [-0.25, -0.2) is 15.1 Å². The predicted octanol–water partition coefficient (Wildman–Crippen LogP) is 1.39. The number of fused-ring (bicyclic) bond motifs is 2. The van der Waals surface area contributed by atoms with E-state index < -0.39 is 5.03 Å². The van der Waals surface area contributed by atoms with Gasteiger partial charge in [-0.3, -0.25) is 4.79 Å². The molecule has 2 aromatic rings. The van der Waals surface area contributed by atoms with E-state index in [2.05, 4.69) is 20.6 Å². The molecule has 0 radical (unpaired) electrons. The summed E-state index contributed by atoms with van der Waals surface area (Å²) in [6.45, 7) is 0. The van der Waals surface area contributed by atoms with Gasteiger partial charge in [0.1, 0.15) is 11.4 Å². The number of hydrogen-bond acceptors (Lipinski definition) is 6. The zero-order valence-electron chi connectivity index (χ0n) is 9.95. The number of nitro groups is 1. The molecule has 2 heterocycles. The lowest BCUT2D eigenvalue weighted by Crippen LogP contribution is -2.15. The Labute approximate surface area is 112 Å². The van der Waals surface area contributed by atoms with Crippen LogP contribution in [0.5, 0.6) is 0 Å². The van der Waals surface area contributed by atoms with Gasteiger partial charge < -0.3 is 10.6 Å². The second-order valence-electron chi connectivity index (χ2n) is 3.95. The molecule has 1 amide bonds. The molecule has 1 aliphatic rings. The van der Waals surface area contributed by atoms with Gasteiger partial charge in [0.2, 0.25) is 0 Å². The van der Waals surface area contributed by atoms with E-state index in [-0.39, 0.29) is 23.2 Å². The van der Waals surface area contributed by atoms with Crippen molar-refractivity contribution in [3.8, 4) is 0 Å². The molecule has 1 aromatic carbocycles. The summed E-state index contributed by atoms with van der Waals surface area (Å²) < 4.78 is 0. The fourth-order valence-electron chi connectivity index (χ4n) is 1.80. The van der Waals surface area contributed by atoms with E-state index in [1.807, 2.05) is 5.43 Å². The maximum absolute atomic E-state index is 12.0. The van der Waals surface area contributed by atoms with E-state index in [0.29, 0.717) is 11.4 Å². The van der Waals surface area contributed by atoms with E-state index in [9.17, 15) is 14.9 Å². The second-order valence-corrected chi connectivity index (χ2v) is 3.95. The normalized spacial score (nSPS) is 12.3. The first kappa shape index (κ1) is 11.8. The maximum atomic E-state index is 12.0. The highest BCUT2D eigenvalue weighted by molar-refractivity contribution is 6.11. The minimum absolute atomic E-state index is 0.201. The highest BCUT2D eigenvalue weighted by Gasteiger charge is 2.21. The van der Waals surface area contributed by atoms with E-state index in [0.717, 1.165) is 0 Å². The van der Waals surface area contributed by atoms with Crippen LogP contribution in [-0.4, -0.2) is 20.9 Å². The fourth-order valence-corrected chi connectivity index (χ4v) is 1.80. The highest BCUT2D eigenvalue weighted by Crippen LogP contribution is 2.30. The van der Waals surface area contributed by atoms with Gasteiger partial charge in [0.25, 0.3) is 11.9 Å². The summed E-state index contributed by atoms with van der Waals surface area (Å²) in [4.78, 5) is 30.0. The smallest absolute Gasteiger partial charge is 0.286 e. The van der Waals surface area contributed by atoms with Crippen molar-refractivity contribution >= 4 is 29.0 Å². The van der Waals surface area contributed by atoms with E-state index in [1.165, 1.54) is 6.20 Å². The molecule has 1 aromatic heterocycles. The number of hydrazine groups is 1. The molecular weight excluding hydrogens is 264 g/mol. The Balaban J connectivity index is 2.06. The first-order valence-corrected chi connectivity index (χ1v) is 5.59. The quantitative estimate of drug-likeness (QED) is 0.557. The van der Waals surface area contributed by atoms with E-state index >= 15 is 0 Å². The molecule has 9 nitrogen and oxygen atoms in total. The number of nitrogens with zero attached hydrogens (tertiary/aromatic N) is 3. The van der Waals surface area contributed by atoms with Gasteiger partial charge in [0.15, 0.2) is 5.03 Å². The van der Waals surface area contributed by atoms with Crippen molar-refractivity contribution in [3.63, 3.8) is 0 Å². The Morgan fingerprint density at radius 2 is 1.90 bits per heavy atom. The van der Waals surface area contributed by atoms with Crippen LogP contribution < -0.4 is 16.1 Å². The van der Waals surface area contributed by atoms with Crippen molar-refractivity contribution in [2.45, 2.75) is 0 Å². The van der Waals surface area contributed by atoms with Gasteiger partial charge in [0.05, 0.1) is 11.4 Å². The number of para-hydroxylation sites is 2. The van der Waals surface area contributed by atoms with Crippen molar-refractivity contribution in [3.05, 3.63) is 46.1 Å². The van der Waals surface area contributed by atoms with Crippen molar-refractivity contribution < 1.29 is 9.83 Å². The lowest BCUT2D eigenvalue weighted by atomic mass is 10.2. The van der Waals surface area contributed by atoms with Gasteiger partial charge >= 0.3 is 0 Å². The molecular formula is C11H8N6O3. The molecule has 3 rings (SSSR count). The molecule has 20 heavy (non-hydrogen) atoms. The number of benzene rings is 1. The summed E-state index contributed by atoms with van der Waals surface area (Å²) >= 11 is 0. The second kappa shape index (κ2) is 4.46. The third-order valence-electron chi connectivity index (χ3n) is 2.65. The maximum Gasteiger partial charge on any atom is 0.286 e. The molecule has 100 valence electrons. The van der Waals surface area contributed by atoms with Crippen LogP contribution in [0.2, 0.25) is 0 Å². The molecule has 1 aliphatic heterocycles. The minimum Gasteiger partial charge on any atom is -0.338 e. The Kier molecular flexibility index (Phi) is 2.64. The summed E-state index contributed by atoms with van der Waals surface area (Å²) in [5.74, 6) is -0.384. The fraction of sp³-hybridized carbons (Fsp3) is 0. The Morgan fingerprint density at radius 3 is 2.60 bits per heavy atom. The van der Waals surface area contributed by atoms with Crippen LogP contribution in [0, 0.1) is 10.1 Å². The molecule has 0 spiro atoms. The standard InChI is InChI=1S/C11H8N6O3/c18-10-6-5-12-11(16-17(19)20)15-9(6)13-7-3-1-2-4-8(7)14-10/h1-5H,(H,14,18)(H2,12,13,15,16).